The molecule has 0 aliphatic heterocycles. The van der Waals surface area contributed by atoms with Gasteiger partial charge in [-0.15, -0.1) is 0 Å². The van der Waals surface area contributed by atoms with Gasteiger partial charge in [0.05, 0.1) is 21.7 Å². The van der Waals surface area contributed by atoms with Crippen LogP contribution in [0.1, 0.15) is 37.4 Å². The molecule has 0 heterocycles. The molecule has 3 aromatic carbocycles. The van der Waals surface area contributed by atoms with Crippen LogP contribution >= 0.6 is 18.7 Å². The smallest absolute Gasteiger partial charge is 0.302 e. The minimum atomic E-state index is -5.41. The van der Waals surface area contributed by atoms with Crippen molar-refractivity contribution < 1.29 is 40.5 Å². The quantitative estimate of drug-likeness (QED) is 0.262. The maximum Gasteiger partial charge on any atom is 0.417 e. The molecule has 3 rings (SSSR count). The van der Waals surface area contributed by atoms with Crippen molar-refractivity contribution in [2.45, 2.75) is 19.3 Å². The van der Waals surface area contributed by atoms with E-state index in [9.17, 15) is 40.5 Å². The summed E-state index contributed by atoms with van der Waals surface area (Å²) in [6.07, 6.45) is -10.8. The molecule has 0 saturated carbocycles. The van der Waals surface area contributed by atoms with Crippen LogP contribution in [0.5, 0.6) is 0 Å². The average molecular weight is 519 g/mol. The molecule has 0 aromatic heterocycles. The first-order chi connectivity index (χ1) is 15.7. The van der Waals surface area contributed by atoms with Crippen LogP contribution in [0.4, 0.5) is 26.3 Å². The average Bonchev–Trinajstić information content (AvgIpc) is 2.76. The minimum Gasteiger partial charge on any atom is -0.302 e. The third-order valence-corrected chi connectivity index (χ3v) is 8.28. The van der Waals surface area contributed by atoms with Crippen molar-refractivity contribution in [2.75, 3.05) is 0 Å². The van der Waals surface area contributed by atoms with Crippen LogP contribution in [0.3, 0.4) is 0 Å². The normalized spacial score (nSPS) is 13.9. The van der Waals surface area contributed by atoms with Crippen LogP contribution < -0.4 is 5.30 Å². The van der Waals surface area contributed by atoms with E-state index in [-0.39, 0.29) is 23.3 Å². The molecule has 1 unspecified atom stereocenters. The van der Waals surface area contributed by atoms with E-state index in [2.05, 4.69) is 0 Å². The molecule has 0 bridgehead atoms. The van der Waals surface area contributed by atoms with Crippen molar-refractivity contribution in [1.82, 2.24) is 0 Å². The van der Waals surface area contributed by atoms with Gasteiger partial charge in [0, 0.05) is 10.9 Å². The number of alkyl halides is 6. The van der Waals surface area contributed by atoms with Crippen molar-refractivity contribution in [1.29, 1.82) is 0 Å². The van der Waals surface area contributed by atoms with E-state index in [0.29, 0.717) is 6.07 Å². The van der Waals surface area contributed by atoms with Gasteiger partial charge in [0.2, 0.25) is 18.2 Å². The molecule has 3 aromatic rings. The molecule has 1 atom stereocenters. The maximum absolute atomic E-state index is 14.3. The molecule has 3 nitrogen and oxygen atoms in total. The molecule has 34 heavy (non-hydrogen) atoms. The second kappa shape index (κ2) is 9.04. The molecule has 0 spiro atoms. The van der Waals surface area contributed by atoms with Crippen molar-refractivity contribution in [3.05, 3.63) is 99.6 Å². The fourth-order valence-electron chi connectivity index (χ4n) is 3.49. The molecular weight excluding hydrogens is 505 g/mol. The number of rotatable bonds is 5. The number of hydrogen-bond acceptors (Lipinski definition) is 3. The largest absolute Gasteiger partial charge is 0.417 e. The van der Waals surface area contributed by atoms with Gasteiger partial charge in [-0.2, -0.15) is 26.3 Å². The monoisotopic (exact) mass is 518 g/mol. The van der Waals surface area contributed by atoms with Crippen LogP contribution in [-0.2, 0) is 16.9 Å². The molecule has 11 heteroatoms. The van der Waals surface area contributed by atoms with E-state index in [1.165, 1.54) is 37.3 Å². The van der Waals surface area contributed by atoms with E-state index in [1.807, 2.05) is 0 Å². The molecule has 0 saturated heterocycles. The van der Waals surface area contributed by atoms with Gasteiger partial charge in [0.25, 0.3) is 0 Å². The molecule has 0 aliphatic carbocycles. The van der Waals surface area contributed by atoms with Gasteiger partial charge in [-0.3, -0.25) is 9.59 Å². The van der Waals surface area contributed by atoms with Gasteiger partial charge in [-0.05, 0) is 30.7 Å². The first-order valence-corrected chi connectivity index (χ1v) is 11.6. The van der Waals surface area contributed by atoms with E-state index < -0.39 is 57.6 Å². The summed E-state index contributed by atoms with van der Waals surface area (Å²) in [6.45, 7) is 1.29. The number of carbonyl (C=O) groups excluding carboxylic acids is 2. The summed E-state index contributed by atoms with van der Waals surface area (Å²) in [5.74, 6) is 0. The lowest BCUT2D eigenvalue weighted by atomic mass is 10.0. The van der Waals surface area contributed by atoms with Crippen LogP contribution in [0, 0.1) is 6.92 Å². The van der Waals surface area contributed by atoms with Crippen molar-refractivity contribution in [3.8, 4) is 0 Å². The summed E-state index contributed by atoms with van der Waals surface area (Å²) in [5, 5.41) is -1.01. The van der Waals surface area contributed by atoms with E-state index >= 15 is 0 Å². The summed E-state index contributed by atoms with van der Waals surface area (Å²) >= 11 is 6.12. The van der Waals surface area contributed by atoms with Gasteiger partial charge < -0.3 is 4.57 Å². The van der Waals surface area contributed by atoms with Crippen molar-refractivity contribution >= 4 is 35.1 Å². The second-order valence-electron chi connectivity index (χ2n) is 7.21. The van der Waals surface area contributed by atoms with Gasteiger partial charge in [-0.1, -0.05) is 60.1 Å². The van der Waals surface area contributed by atoms with Crippen LogP contribution in [0.2, 0.25) is 5.02 Å². The summed E-state index contributed by atoms with van der Waals surface area (Å²) in [6, 6.07) is 11.3. The Labute approximate surface area is 194 Å². The topological polar surface area (TPSA) is 51.2 Å². The van der Waals surface area contributed by atoms with E-state index in [1.54, 1.807) is 0 Å². The Kier molecular flexibility index (Phi) is 6.84. The van der Waals surface area contributed by atoms with Gasteiger partial charge in [0.1, 0.15) is 0 Å². The summed E-state index contributed by atoms with van der Waals surface area (Å²) in [5.41, 5.74) is -9.69. The molecule has 178 valence electrons. The molecule has 0 aliphatic rings. The molecule has 0 radical (unpaired) electrons. The number of benzene rings is 3. The Hall–Kier alpha value is -2.90. The van der Waals surface area contributed by atoms with Crippen LogP contribution in [-0.4, -0.2) is 11.0 Å². The van der Waals surface area contributed by atoms with Gasteiger partial charge >= 0.3 is 12.4 Å². The van der Waals surface area contributed by atoms with Crippen LogP contribution in [0.25, 0.3) is 0 Å². The lowest BCUT2D eigenvalue weighted by molar-refractivity contribution is -0.143. The predicted molar refractivity (Wildman–Crippen MR) is 115 cm³/mol. The summed E-state index contributed by atoms with van der Waals surface area (Å²) < 4.78 is 96.7. The highest BCUT2D eigenvalue weighted by Gasteiger charge is 2.51. The molecule has 0 fully saturated rings. The predicted octanol–water partition coefficient (Wildman–Crippen LogP) is 7.36. The first kappa shape index (κ1) is 25.7. The number of carbonyl (C=O) groups is 2. The number of aryl methyl sites for hydroxylation is 1. The number of halogens is 7. The van der Waals surface area contributed by atoms with Crippen molar-refractivity contribution in [2.24, 2.45) is 0 Å². The highest BCUT2D eigenvalue weighted by molar-refractivity contribution is 8.01. The maximum atomic E-state index is 14.3. The fourth-order valence-corrected chi connectivity index (χ4v) is 6.68. The Morgan fingerprint density at radius 3 is 1.71 bits per heavy atom. The zero-order valence-electron chi connectivity index (χ0n) is 17.2. The minimum absolute atomic E-state index is 0.00786. The van der Waals surface area contributed by atoms with E-state index in [4.69, 9.17) is 11.6 Å². The molecule has 0 amide bonds. The molecular formula is C23H14ClF6O3P. The third kappa shape index (κ3) is 4.55. The summed E-state index contributed by atoms with van der Waals surface area (Å²) in [7, 11) is -5.38. The lowest BCUT2D eigenvalue weighted by Gasteiger charge is -2.23. The third-order valence-electron chi connectivity index (χ3n) is 4.99. The van der Waals surface area contributed by atoms with E-state index in [0.717, 1.165) is 18.2 Å². The van der Waals surface area contributed by atoms with Gasteiger partial charge in [0.15, 0.2) is 0 Å². The molecule has 0 N–H and O–H groups in total. The highest BCUT2D eigenvalue weighted by Crippen LogP contribution is 2.55. The highest BCUT2D eigenvalue weighted by atomic mass is 35.5. The fraction of sp³-hybridized carbons (Fsp3) is 0.130. The van der Waals surface area contributed by atoms with Crippen molar-refractivity contribution in [3.63, 3.8) is 0 Å². The second-order valence-corrected chi connectivity index (χ2v) is 10.1. The number of hydrogen-bond donors (Lipinski definition) is 0. The standard InChI is InChI=1S/C23H14ClF6O3P/c1-13-7-5-12-17(24)19(13)34(33,20(31)14-8-3-2-4-9-14)21(32)18-15(22(25,26)27)10-6-11-16(18)23(28,29)30/h2-12H,1H3. The van der Waals surface area contributed by atoms with Crippen LogP contribution in [0.15, 0.2) is 66.7 Å². The SMILES string of the molecule is Cc1cccc(Cl)c1P(=O)(C(=O)c1ccccc1)C(=O)c1c(C(F)(F)F)cccc1C(F)(F)F. The Bertz CT molecular complexity index is 1260. The zero-order chi connectivity index (χ0) is 25.5. The zero-order valence-corrected chi connectivity index (χ0v) is 18.8. The Balaban J connectivity index is 2.46. The summed E-state index contributed by atoms with van der Waals surface area (Å²) in [4.78, 5) is 27.0. The lowest BCUT2D eigenvalue weighted by Crippen LogP contribution is -2.27. The first-order valence-electron chi connectivity index (χ1n) is 9.48. The van der Waals surface area contributed by atoms with Gasteiger partial charge in [-0.25, -0.2) is 0 Å². The Morgan fingerprint density at radius 1 is 0.735 bits per heavy atom. The Morgan fingerprint density at radius 2 is 1.24 bits per heavy atom.